The molecule has 1 aromatic rings. The van der Waals surface area contributed by atoms with Crippen molar-refractivity contribution in [1.29, 1.82) is 0 Å². The summed E-state index contributed by atoms with van der Waals surface area (Å²) in [5, 5.41) is 31.3. The van der Waals surface area contributed by atoms with E-state index in [2.05, 4.69) is 5.32 Å². The topological polar surface area (TPSA) is 95.6 Å². The average molecular weight is 226 g/mol. The van der Waals surface area contributed by atoms with E-state index in [0.717, 1.165) is 0 Å². The molecule has 6 nitrogen and oxygen atoms in total. The Bertz CT molecular complexity index is 381. The third kappa shape index (κ3) is 2.91. The molecule has 1 rings (SSSR count). The van der Waals surface area contributed by atoms with Crippen molar-refractivity contribution in [3.63, 3.8) is 0 Å². The van der Waals surface area contributed by atoms with Crippen LogP contribution in [0.4, 0.5) is 11.4 Å². The summed E-state index contributed by atoms with van der Waals surface area (Å²) in [5.41, 5.74) is 1.13. The number of hydrogen-bond acceptors (Lipinski definition) is 5. The van der Waals surface area contributed by atoms with Crippen molar-refractivity contribution in [2.75, 3.05) is 18.5 Å². The molecule has 88 valence electrons. The zero-order valence-electron chi connectivity index (χ0n) is 8.88. The second kappa shape index (κ2) is 5.43. The lowest BCUT2D eigenvalue weighted by Gasteiger charge is -2.12. The Morgan fingerprint density at radius 3 is 2.81 bits per heavy atom. The molecule has 0 amide bonds. The molecule has 0 saturated carbocycles. The van der Waals surface area contributed by atoms with Crippen LogP contribution in [-0.4, -0.2) is 34.4 Å². The zero-order chi connectivity index (χ0) is 12.1. The maximum absolute atomic E-state index is 10.7. The standard InChI is InChI=1S/C10H14N2O4/c1-7-9(11-5-8(14)6-13)3-2-4-10(7)12(15)16/h2-4,8,11,13-14H,5-6H2,1H3. The molecule has 1 aromatic carbocycles. The molecule has 6 heteroatoms. The average Bonchev–Trinajstić information content (AvgIpc) is 2.26. The largest absolute Gasteiger partial charge is 0.394 e. The summed E-state index contributed by atoms with van der Waals surface area (Å²) in [5.74, 6) is 0. The van der Waals surface area contributed by atoms with Gasteiger partial charge in [-0.1, -0.05) is 6.07 Å². The Labute approximate surface area is 92.7 Å². The predicted octanol–water partition coefficient (Wildman–Crippen LogP) is 0.668. The number of nitro groups is 1. The van der Waals surface area contributed by atoms with Crippen molar-refractivity contribution in [2.45, 2.75) is 13.0 Å². The third-order valence-corrected chi connectivity index (χ3v) is 2.24. The maximum Gasteiger partial charge on any atom is 0.274 e. The molecule has 0 spiro atoms. The van der Waals surface area contributed by atoms with E-state index in [4.69, 9.17) is 10.2 Å². The number of nitrogens with zero attached hydrogens (tertiary/aromatic N) is 1. The number of benzene rings is 1. The van der Waals surface area contributed by atoms with Gasteiger partial charge in [-0.3, -0.25) is 10.1 Å². The first-order valence-electron chi connectivity index (χ1n) is 4.83. The molecule has 0 aromatic heterocycles. The molecular weight excluding hydrogens is 212 g/mol. The van der Waals surface area contributed by atoms with Gasteiger partial charge in [-0.2, -0.15) is 0 Å². The molecule has 0 aliphatic carbocycles. The van der Waals surface area contributed by atoms with Gasteiger partial charge in [-0.25, -0.2) is 0 Å². The van der Waals surface area contributed by atoms with E-state index in [1.54, 1.807) is 19.1 Å². The van der Waals surface area contributed by atoms with E-state index < -0.39 is 11.0 Å². The Morgan fingerprint density at radius 1 is 1.56 bits per heavy atom. The molecular formula is C10H14N2O4. The lowest BCUT2D eigenvalue weighted by Crippen LogP contribution is -2.23. The van der Waals surface area contributed by atoms with Crippen LogP contribution in [0.3, 0.4) is 0 Å². The summed E-state index contributed by atoms with van der Waals surface area (Å²) in [6.45, 7) is 1.44. The second-order valence-electron chi connectivity index (χ2n) is 3.42. The van der Waals surface area contributed by atoms with Crippen LogP contribution in [0.1, 0.15) is 5.56 Å². The van der Waals surface area contributed by atoms with Gasteiger partial charge in [0.25, 0.3) is 5.69 Å². The van der Waals surface area contributed by atoms with E-state index in [1.165, 1.54) is 6.07 Å². The summed E-state index contributed by atoms with van der Waals surface area (Å²) in [6, 6.07) is 4.67. The number of anilines is 1. The molecule has 0 saturated heterocycles. The van der Waals surface area contributed by atoms with E-state index in [1.807, 2.05) is 0 Å². The van der Waals surface area contributed by atoms with Crippen LogP contribution in [0.15, 0.2) is 18.2 Å². The quantitative estimate of drug-likeness (QED) is 0.506. The molecule has 0 aliphatic heterocycles. The Hall–Kier alpha value is -1.66. The van der Waals surface area contributed by atoms with Crippen LogP contribution in [0.2, 0.25) is 0 Å². The van der Waals surface area contributed by atoms with Crippen molar-refractivity contribution in [1.82, 2.24) is 0 Å². The fraction of sp³-hybridized carbons (Fsp3) is 0.400. The summed E-state index contributed by atoms with van der Waals surface area (Å²) < 4.78 is 0. The number of nitro benzene ring substituents is 1. The molecule has 1 atom stereocenters. The SMILES string of the molecule is Cc1c(NCC(O)CO)cccc1[N+](=O)[O-]. The fourth-order valence-corrected chi connectivity index (χ4v) is 1.31. The van der Waals surface area contributed by atoms with Crippen molar-refractivity contribution in [3.8, 4) is 0 Å². The first-order chi connectivity index (χ1) is 7.56. The van der Waals surface area contributed by atoms with Gasteiger partial charge >= 0.3 is 0 Å². The smallest absolute Gasteiger partial charge is 0.274 e. The van der Waals surface area contributed by atoms with Gasteiger partial charge in [0, 0.05) is 23.9 Å². The minimum absolute atomic E-state index is 0.0310. The van der Waals surface area contributed by atoms with Crippen molar-refractivity contribution in [2.24, 2.45) is 0 Å². The highest BCUT2D eigenvalue weighted by atomic mass is 16.6. The van der Waals surface area contributed by atoms with E-state index in [9.17, 15) is 10.1 Å². The zero-order valence-corrected chi connectivity index (χ0v) is 8.88. The van der Waals surface area contributed by atoms with Gasteiger partial charge in [-0.05, 0) is 13.0 Å². The van der Waals surface area contributed by atoms with Gasteiger partial charge in [0.05, 0.1) is 17.6 Å². The van der Waals surface area contributed by atoms with Crippen molar-refractivity contribution < 1.29 is 15.1 Å². The number of aliphatic hydroxyl groups is 2. The predicted molar refractivity (Wildman–Crippen MR) is 59.4 cm³/mol. The van der Waals surface area contributed by atoms with Gasteiger partial charge in [0.2, 0.25) is 0 Å². The molecule has 0 heterocycles. The van der Waals surface area contributed by atoms with E-state index in [0.29, 0.717) is 11.3 Å². The summed E-state index contributed by atoms with van der Waals surface area (Å²) >= 11 is 0. The molecule has 0 radical (unpaired) electrons. The number of hydrogen-bond donors (Lipinski definition) is 3. The van der Waals surface area contributed by atoms with Crippen LogP contribution in [-0.2, 0) is 0 Å². The summed E-state index contributed by atoms with van der Waals surface area (Å²) in [4.78, 5) is 10.2. The minimum atomic E-state index is -0.876. The Balaban J connectivity index is 2.81. The lowest BCUT2D eigenvalue weighted by molar-refractivity contribution is -0.385. The van der Waals surface area contributed by atoms with Gasteiger partial charge in [0.15, 0.2) is 0 Å². The van der Waals surface area contributed by atoms with Crippen LogP contribution in [0.5, 0.6) is 0 Å². The highest BCUT2D eigenvalue weighted by molar-refractivity contribution is 5.59. The first kappa shape index (κ1) is 12.4. The van der Waals surface area contributed by atoms with Crippen LogP contribution < -0.4 is 5.32 Å². The third-order valence-electron chi connectivity index (χ3n) is 2.24. The Kier molecular flexibility index (Phi) is 4.21. The van der Waals surface area contributed by atoms with Crippen molar-refractivity contribution in [3.05, 3.63) is 33.9 Å². The first-order valence-corrected chi connectivity index (χ1v) is 4.83. The highest BCUT2D eigenvalue weighted by Gasteiger charge is 2.13. The summed E-state index contributed by atoms with van der Waals surface area (Å²) in [7, 11) is 0. The number of rotatable bonds is 5. The van der Waals surface area contributed by atoms with E-state index >= 15 is 0 Å². The van der Waals surface area contributed by atoms with E-state index in [-0.39, 0.29) is 18.8 Å². The monoisotopic (exact) mass is 226 g/mol. The second-order valence-corrected chi connectivity index (χ2v) is 3.42. The molecule has 3 N–H and O–H groups in total. The van der Waals surface area contributed by atoms with Crippen LogP contribution in [0.25, 0.3) is 0 Å². The van der Waals surface area contributed by atoms with Crippen molar-refractivity contribution >= 4 is 11.4 Å². The van der Waals surface area contributed by atoms with Crippen LogP contribution >= 0.6 is 0 Å². The summed E-state index contributed by atoms with van der Waals surface area (Å²) in [6.07, 6.45) is -0.876. The highest BCUT2D eigenvalue weighted by Crippen LogP contribution is 2.24. The molecule has 0 aliphatic rings. The molecule has 16 heavy (non-hydrogen) atoms. The number of nitrogens with one attached hydrogen (secondary N) is 1. The molecule has 0 fully saturated rings. The minimum Gasteiger partial charge on any atom is -0.394 e. The molecule has 0 bridgehead atoms. The lowest BCUT2D eigenvalue weighted by atomic mass is 10.1. The molecule has 1 unspecified atom stereocenters. The normalized spacial score (nSPS) is 12.2. The van der Waals surface area contributed by atoms with Gasteiger partial charge in [0.1, 0.15) is 0 Å². The fourth-order valence-electron chi connectivity index (χ4n) is 1.31. The van der Waals surface area contributed by atoms with Crippen LogP contribution in [0, 0.1) is 17.0 Å². The Morgan fingerprint density at radius 2 is 2.25 bits per heavy atom. The number of aliphatic hydroxyl groups excluding tert-OH is 2. The maximum atomic E-state index is 10.7. The van der Waals surface area contributed by atoms with Gasteiger partial charge in [-0.15, -0.1) is 0 Å². The van der Waals surface area contributed by atoms with Gasteiger partial charge < -0.3 is 15.5 Å².